The minimum absolute atomic E-state index is 0.0278. The first-order chi connectivity index (χ1) is 9.80. The average molecular weight is 338 g/mol. The van der Waals surface area contributed by atoms with Gasteiger partial charge < -0.3 is 19.5 Å². The van der Waals surface area contributed by atoms with Crippen LogP contribution in [0.2, 0.25) is 0 Å². The minimum Gasteiger partial charge on any atom is -0.394 e. The van der Waals surface area contributed by atoms with E-state index in [1.165, 1.54) is 0 Å². The van der Waals surface area contributed by atoms with Gasteiger partial charge in [0.2, 0.25) is 0 Å². The van der Waals surface area contributed by atoms with E-state index in [4.69, 9.17) is 18.5 Å². The number of hydrogen-bond donors (Lipinski definition) is 3. The van der Waals surface area contributed by atoms with Crippen molar-refractivity contribution >= 4 is 36.1 Å². The van der Waals surface area contributed by atoms with Crippen molar-refractivity contribution in [2.24, 2.45) is 0 Å². The molecule has 21 heavy (non-hydrogen) atoms. The molecule has 0 spiro atoms. The lowest BCUT2D eigenvalue weighted by molar-refractivity contribution is -0.0137. The highest BCUT2D eigenvalue weighted by Crippen LogP contribution is 2.47. The molecule has 120 valence electrons. The average Bonchev–Trinajstić information content (AvgIpc) is 2.88. The molecule has 2 aliphatic rings. The predicted octanol–water partition coefficient (Wildman–Crippen LogP) is -1.72. The van der Waals surface area contributed by atoms with Crippen LogP contribution in [0.3, 0.4) is 0 Å². The number of rotatable bonds is 6. The van der Waals surface area contributed by atoms with Gasteiger partial charge in [0, 0.05) is 17.3 Å². The van der Waals surface area contributed by atoms with Gasteiger partial charge in [-0.15, -0.1) is 0 Å². The maximum Gasteiger partial charge on any atom is 0.472 e. The Labute approximate surface area is 131 Å². The van der Waals surface area contributed by atoms with Gasteiger partial charge in [0.25, 0.3) is 0 Å². The van der Waals surface area contributed by atoms with Crippen LogP contribution in [0.5, 0.6) is 0 Å². The van der Waals surface area contributed by atoms with Crippen LogP contribution in [0.25, 0.3) is 0 Å². The number of hydrogen-bond acceptors (Lipinski definition) is 7. The maximum atomic E-state index is 12.0. The molecule has 2 fully saturated rings. The molecule has 2 rings (SSSR count). The molecule has 0 aromatic heterocycles. The van der Waals surface area contributed by atoms with E-state index in [-0.39, 0.29) is 36.6 Å². The molecule has 0 aromatic carbocycles. The number of aliphatic hydroxyl groups excluding tert-OH is 1. The zero-order valence-corrected chi connectivity index (χ0v) is 13.9. The van der Waals surface area contributed by atoms with Gasteiger partial charge in [-0.3, -0.25) is 9.05 Å². The third-order valence-electron chi connectivity index (χ3n) is 3.65. The number of thiol groups is 1. The summed E-state index contributed by atoms with van der Waals surface area (Å²) in [5, 5.41) is 9.14. The Morgan fingerprint density at radius 3 is 2.43 bits per heavy atom. The number of phosphoric ester groups is 1. The van der Waals surface area contributed by atoms with Crippen LogP contribution < -0.4 is 0 Å². The summed E-state index contributed by atoms with van der Waals surface area (Å²) in [5.74, 6) is 0. The van der Waals surface area contributed by atoms with Gasteiger partial charge in [0.15, 0.2) is 0 Å². The van der Waals surface area contributed by atoms with Gasteiger partial charge in [-0.2, -0.15) is 12.6 Å². The van der Waals surface area contributed by atoms with Crippen molar-refractivity contribution in [3.05, 3.63) is 0 Å². The third-order valence-corrected chi connectivity index (χ3v) is 5.20. The summed E-state index contributed by atoms with van der Waals surface area (Å²) in [4.78, 5) is 9.78. The van der Waals surface area contributed by atoms with Crippen LogP contribution in [-0.4, -0.2) is 74.5 Å². The van der Waals surface area contributed by atoms with Crippen molar-refractivity contribution in [3.8, 4) is 0 Å². The molecule has 7 atom stereocenters. The summed E-state index contributed by atoms with van der Waals surface area (Å²) in [5.41, 5.74) is 0. The zero-order chi connectivity index (χ0) is 15.6. The lowest BCUT2D eigenvalue weighted by Crippen LogP contribution is -2.28. The zero-order valence-electron chi connectivity index (χ0n) is 12.1. The molecule has 2 saturated heterocycles. The largest absolute Gasteiger partial charge is 0.472 e. The Bertz CT molecular complexity index is 404. The fourth-order valence-electron chi connectivity index (χ4n) is 2.65. The first kappa shape index (κ1) is 17.8. The maximum absolute atomic E-state index is 12.0. The second kappa shape index (κ2) is 7.36. The standard InChI is InChI=1S/C10H21B2O7PS/c11-9-1-5(6(3-13)17-9)19-20(14,15)16-4-7-8(21)2-10(12)18-7/h5-10,13,21H,1-4,11-12H2,(H,14,15)/t5-,6-,7-,8-,9-,10-/m1/s1. The van der Waals surface area contributed by atoms with E-state index in [0.717, 1.165) is 6.42 Å². The van der Waals surface area contributed by atoms with E-state index >= 15 is 0 Å². The van der Waals surface area contributed by atoms with Crippen LogP contribution >= 0.6 is 20.5 Å². The molecule has 2 N–H and O–H groups in total. The molecular formula is C10H21B2O7PS. The highest BCUT2D eigenvalue weighted by atomic mass is 32.1. The summed E-state index contributed by atoms with van der Waals surface area (Å²) in [6, 6.07) is -0.0732. The topological polar surface area (TPSA) is 94.5 Å². The van der Waals surface area contributed by atoms with E-state index in [0.29, 0.717) is 6.42 Å². The Balaban J connectivity index is 1.83. The van der Waals surface area contributed by atoms with Crippen LogP contribution in [0.1, 0.15) is 12.8 Å². The molecule has 0 aromatic rings. The van der Waals surface area contributed by atoms with E-state index in [2.05, 4.69) is 12.6 Å². The van der Waals surface area contributed by atoms with Gasteiger partial charge >= 0.3 is 7.82 Å². The van der Waals surface area contributed by atoms with Gasteiger partial charge in [0.05, 0.1) is 25.4 Å². The molecule has 0 aliphatic carbocycles. The minimum atomic E-state index is -4.22. The first-order valence-corrected chi connectivity index (χ1v) is 9.07. The van der Waals surface area contributed by atoms with Crippen molar-refractivity contribution in [2.45, 2.75) is 48.4 Å². The smallest absolute Gasteiger partial charge is 0.394 e. The van der Waals surface area contributed by atoms with E-state index in [1.54, 1.807) is 0 Å². The lowest BCUT2D eigenvalue weighted by Gasteiger charge is -2.22. The Morgan fingerprint density at radius 2 is 1.86 bits per heavy atom. The van der Waals surface area contributed by atoms with Gasteiger partial charge in [0.1, 0.15) is 21.8 Å². The molecule has 2 aliphatic heterocycles. The normalized spacial score (nSPS) is 43.0. The second-order valence-electron chi connectivity index (χ2n) is 5.60. The molecule has 0 radical (unpaired) electrons. The Kier molecular flexibility index (Phi) is 6.24. The first-order valence-electron chi connectivity index (χ1n) is 7.06. The number of aliphatic hydroxyl groups is 1. The Hall–Kier alpha value is 0.470. The van der Waals surface area contributed by atoms with Crippen molar-refractivity contribution in [1.82, 2.24) is 0 Å². The lowest BCUT2D eigenvalue weighted by atomic mass is 9.96. The van der Waals surface area contributed by atoms with Gasteiger partial charge in [-0.25, -0.2) is 4.57 Å². The van der Waals surface area contributed by atoms with E-state index < -0.39 is 20.0 Å². The molecule has 11 heteroatoms. The van der Waals surface area contributed by atoms with Crippen molar-refractivity contribution in [2.75, 3.05) is 13.2 Å². The van der Waals surface area contributed by atoms with Crippen LogP contribution in [-0.2, 0) is 23.1 Å². The van der Waals surface area contributed by atoms with Crippen LogP contribution in [0.15, 0.2) is 0 Å². The highest BCUT2D eigenvalue weighted by molar-refractivity contribution is 7.81. The third kappa shape index (κ3) is 4.97. The van der Waals surface area contributed by atoms with Crippen molar-refractivity contribution < 1.29 is 33.1 Å². The molecular weight excluding hydrogens is 317 g/mol. The predicted molar refractivity (Wildman–Crippen MR) is 84.2 cm³/mol. The number of ether oxygens (including phenoxy) is 2. The van der Waals surface area contributed by atoms with Crippen molar-refractivity contribution in [3.63, 3.8) is 0 Å². The van der Waals surface area contributed by atoms with E-state index in [9.17, 15) is 14.6 Å². The fourth-order valence-corrected chi connectivity index (χ4v) is 4.06. The summed E-state index contributed by atoms with van der Waals surface area (Å²) in [7, 11) is -0.491. The highest BCUT2D eigenvalue weighted by Gasteiger charge is 2.40. The van der Waals surface area contributed by atoms with Gasteiger partial charge in [-0.05, 0) is 12.8 Å². The summed E-state index contributed by atoms with van der Waals surface area (Å²) in [6.07, 6.45) is -0.389. The quantitative estimate of drug-likeness (QED) is 0.301. The van der Waals surface area contributed by atoms with E-state index in [1.807, 2.05) is 15.7 Å². The SMILES string of the molecule is B[C@H]1C[C@@H](S)[C@@H](COP(=O)(O)O[C@@H]2C[C@H](B)O[C@@H]2CO)O1. The molecule has 0 bridgehead atoms. The van der Waals surface area contributed by atoms with Crippen LogP contribution in [0, 0.1) is 0 Å². The fraction of sp³-hybridized carbons (Fsp3) is 1.00. The summed E-state index contributed by atoms with van der Waals surface area (Å²) in [6.45, 7) is -0.323. The van der Waals surface area contributed by atoms with Crippen molar-refractivity contribution in [1.29, 1.82) is 0 Å². The molecule has 2 heterocycles. The molecule has 1 unspecified atom stereocenters. The molecule has 0 saturated carbocycles. The van der Waals surface area contributed by atoms with Gasteiger partial charge in [-0.1, -0.05) is 0 Å². The Morgan fingerprint density at radius 1 is 1.24 bits per heavy atom. The second-order valence-corrected chi connectivity index (χ2v) is 7.67. The summed E-state index contributed by atoms with van der Waals surface area (Å²) < 4.78 is 33.0. The summed E-state index contributed by atoms with van der Waals surface area (Å²) >= 11 is 4.36. The molecule has 0 amide bonds. The van der Waals surface area contributed by atoms with Crippen LogP contribution in [0.4, 0.5) is 0 Å². The monoisotopic (exact) mass is 338 g/mol. The number of phosphoric acid groups is 1. The molecule has 7 nitrogen and oxygen atoms in total.